The molecule has 3 fully saturated rings. The minimum Gasteiger partial charge on any atom is -0.451 e. The zero-order valence-corrected chi connectivity index (χ0v) is 48.9. The SMILES string of the molecule is C[C@H]1OC(=O)[C@H](CC2CC2)N(C)C(=O)[C@@H](Cc2ccc(C(C)(C)C)cc2)OC(=O)[C@H](CC(C)(C)F)N(C)C(=O)[C@@H](C)OC(=O)[C@H](CC2CC2)N(C)C(=O)[C@@H](Cc2ccc(C(C)(C)C)cc2)OC(=O)C(CC(C)(C)F)N(C)C1=O. The predicted octanol–water partition coefficient (Wildman–Crippen LogP) is 7.95. The molecule has 0 radical (unpaired) electrons. The molecule has 78 heavy (non-hydrogen) atoms. The van der Waals surface area contributed by atoms with E-state index in [1.54, 1.807) is 24.3 Å². The lowest BCUT2D eigenvalue weighted by atomic mass is 9.86. The number of hydrogen-bond donors (Lipinski definition) is 0. The Hall–Kier alpha value is -5.94. The summed E-state index contributed by atoms with van der Waals surface area (Å²) in [5.41, 5.74) is -1.51. The van der Waals surface area contributed by atoms with Crippen molar-refractivity contribution in [3.05, 3.63) is 70.8 Å². The summed E-state index contributed by atoms with van der Waals surface area (Å²) in [7, 11) is 5.14. The van der Waals surface area contributed by atoms with Crippen molar-refractivity contribution in [3.63, 3.8) is 0 Å². The summed E-state index contributed by atoms with van der Waals surface area (Å²) in [4.78, 5) is 121. The van der Waals surface area contributed by atoms with Crippen molar-refractivity contribution in [1.82, 2.24) is 19.6 Å². The number of rotatable bonds is 12. The standard InChI is InChI=1S/C60H86F2N4O12/c1-35-49(67)65(15)45(33-59(9,10)61)55(73)77-48(32-40-23-27-42(28-24-40)58(6,7)8)52(70)64(14)44(30-38-19-20-38)54(72)76-36(2)50(68)66(16)46(34-60(11,12)62)56(74)78-47(31-39-21-25-41(26-22-39)57(3,4)5)51(69)63(13)43(53(71)75-35)29-37-17-18-37/h21-28,35-38,43-48H,17-20,29-34H2,1-16H3/t35-,36-,43+,44+,45+,46?,47-,48-/m1/s1. The van der Waals surface area contributed by atoms with Crippen LogP contribution >= 0.6 is 0 Å². The van der Waals surface area contributed by atoms with Gasteiger partial charge in [-0.15, -0.1) is 0 Å². The molecule has 0 spiro atoms. The minimum atomic E-state index is -2.09. The monoisotopic (exact) mass is 1090 g/mol. The molecule has 2 aromatic rings. The lowest BCUT2D eigenvalue weighted by Crippen LogP contribution is -2.55. The molecule has 5 rings (SSSR count). The molecule has 432 valence electrons. The Morgan fingerprint density at radius 1 is 0.423 bits per heavy atom. The highest BCUT2D eigenvalue weighted by molar-refractivity contribution is 5.94. The summed E-state index contributed by atoms with van der Waals surface area (Å²) >= 11 is 0. The first kappa shape index (κ1) is 62.9. The van der Waals surface area contributed by atoms with Crippen LogP contribution in [0.5, 0.6) is 0 Å². The Labute approximate surface area is 460 Å². The number of likely N-dealkylation sites (N-methyl/N-ethyl adjacent to an activating group) is 4. The van der Waals surface area contributed by atoms with Crippen molar-refractivity contribution >= 4 is 47.5 Å². The van der Waals surface area contributed by atoms with E-state index in [1.807, 2.05) is 65.8 Å². The number of alkyl halides is 2. The van der Waals surface area contributed by atoms with E-state index in [9.17, 15) is 38.4 Å². The molecule has 1 aliphatic heterocycles. The number of esters is 4. The van der Waals surface area contributed by atoms with Gasteiger partial charge in [-0.05, 0) is 99.3 Å². The van der Waals surface area contributed by atoms with E-state index in [2.05, 4.69) is 0 Å². The summed E-state index contributed by atoms with van der Waals surface area (Å²) in [6.45, 7) is 19.6. The third-order valence-electron chi connectivity index (χ3n) is 15.0. The molecule has 2 saturated carbocycles. The summed E-state index contributed by atoms with van der Waals surface area (Å²) in [5, 5.41) is 0. The largest absolute Gasteiger partial charge is 0.451 e. The first-order valence-electron chi connectivity index (χ1n) is 27.4. The average molecular weight is 1090 g/mol. The van der Waals surface area contributed by atoms with Crippen molar-refractivity contribution in [2.45, 2.75) is 218 Å². The molecule has 0 aromatic heterocycles. The van der Waals surface area contributed by atoms with Crippen molar-refractivity contribution in [2.24, 2.45) is 11.8 Å². The summed E-state index contributed by atoms with van der Waals surface area (Å²) in [6.07, 6.45) is -4.94. The van der Waals surface area contributed by atoms with Crippen LogP contribution in [0.25, 0.3) is 0 Å². The molecule has 1 unspecified atom stereocenters. The highest BCUT2D eigenvalue weighted by atomic mass is 19.1. The molecule has 3 aliphatic rings. The molecular formula is C60H86F2N4O12. The maximum atomic E-state index is 15.8. The van der Waals surface area contributed by atoms with Crippen LogP contribution < -0.4 is 0 Å². The molecule has 1 heterocycles. The second kappa shape index (κ2) is 25.0. The number of hydrogen-bond acceptors (Lipinski definition) is 12. The third-order valence-corrected chi connectivity index (χ3v) is 15.0. The molecule has 16 nitrogen and oxygen atoms in total. The Bertz CT molecular complexity index is 2310. The van der Waals surface area contributed by atoms with Crippen LogP contribution in [0.2, 0.25) is 0 Å². The molecule has 2 aliphatic carbocycles. The Balaban J connectivity index is 1.63. The second-order valence-corrected chi connectivity index (χ2v) is 25.4. The molecule has 2 aromatic carbocycles. The number of amides is 4. The van der Waals surface area contributed by atoms with E-state index in [-0.39, 0.29) is 48.3 Å². The molecule has 4 amide bonds. The van der Waals surface area contributed by atoms with Crippen LogP contribution in [-0.4, -0.2) is 155 Å². The lowest BCUT2D eigenvalue weighted by Gasteiger charge is -2.35. The highest BCUT2D eigenvalue weighted by Gasteiger charge is 2.46. The quantitative estimate of drug-likeness (QED) is 0.148. The van der Waals surface area contributed by atoms with Crippen LogP contribution in [0.4, 0.5) is 8.78 Å². The molecular weight excluding hydrogens is 1010 g/mol. The smallest absolute Gasteiger partial charge is 0.329 e. The first-order chi connectivity index (χ1) is 35.9. The van der Waals surface area contributed by atoms with Crippen LogP contribution in [0, 0.1) is 11.8 Å². The molecule has 1 saturated heterocycles. The fourth-order valence-corrected chi connectivity index (χ4v) is 9.59. The van der Waals surface area contributed by atoms with E-state index in [4.69, 9.17) is 18.9 Å². The number of cyclic esters (lactones) is 4. The van der Waals surface area contributed by atoms with E-state index in [1.165, 1.54) is 69.7 Å². The summed E-state index contributed by atoms with van der Waals surface area (Å²) in [6, 6.07) is 8.65. The highest BCUT2D eigenvalue weighted by Crippen LogP contribution is 2.37. The number of carbonyl (C=O) groups is 8. The van der Waals surface area contributed by atoms with Gasteiger partial charge in [0.05, 0.1) is 0 Å². The maximum Gasteiger partial charge on any atom is 0.329 e. The van der Waals surface area contributed by atoms with Gasteiger partial charge in [-0.3, -0.25) is 19.2 Å². The third kappa shape index (κ3) is 17.5. The zero-order chi connectivity index (χ0) is 58.6. The summed E-state index contributed by atoms with van der Waals surface area (Å²) < 4.78 is 55.4. The van der Waals surface area contributed by atoms with Gasteiger partial charge in [-0.2, -0.15) is 0 Å². The summed E-state index contributed by atoms with van der Waals surface area (Å²) in [5.74, 6) is -7.78. The average Bonchev–Trinajstić information content (AvgIpc) is 4.30. The van der Waals surface area contributed by atoms with E-state index in [0.29, 0.717) is 11.1 Å². The molecule has 0 N–H and O–H groups in total. The Kier molecular flexibility index (Phi) is 20.2. The van der Waals surface area contributed by atoms with Gasteiger partial charge in [0, 0.05) is 53.9 Å². The van der Waals surface area contributed by atoms with Crippen molar-refractivity contribution < 1.29 is 66.1 Å². The van der Waals surface area contributed by atoms with Crippen molar-refractivity contribution in [1.29, 1.82) is 0 Å². The Morgan fingerprint density at radius 3 is 0.949 bits per heavy atom. The Morgan fingerprint density at radius 2 is 0.692 bits per heavy atom. The fourth-order valence-electron chi connectivity index (χ4n) is 9.59. The molecule has 0 bridgehead atoms. The van der Waals surface area contributed by atoms with Gasteiger partial charge >= 0.3 is 23.9 Å². The van der Waals surface area contributed by atoms with Gasteiger partial charge in [0.1, 0.15) is 35.5 Å². The molecule has 18 heteroatoms. The topological polar surface area (TPSA) is 186 Å². The number of benzene rings is 2. The van der Waals surface area contributed by atoms with Gasteiger partial charge in [-0.25, -0.2) is 28.0 Å². The van der Waals surface area contributed by atoms with Gasteiger partial charge in [-0.1, -0.05) is 116 Å². The zero-order valence-electron chi connectivity index (χ0n) is 48.9. The van der Waals surface area contributed by atoms with E-state index in [0.717, 1.165) is 56.4 Å². The number of nitrogens with zero attached hydrogens (tertiary/aromatic N) is 4. The van der Waals surface area contributed by atoms with Crippen molar-refractivity contribution in [2.75, 3.05) is 28.2 Å². The maximum absolute atomic E-state index is 15.8. The van der Waals surface area contributed by atoms with Crippen molar-refractivity contribution in [3.8, 4) is 0 Å². The van der Waals surface area contributed by atoms with E-state index >= 15 is 8.78 Å². The first-order valence-corrected chi connectivity index (χ1v) is 27.4. The number of ether oxygens (including phenoxy) is 4. The second-order valence-electron chi connectivity index (χ2n) is 25.4. The normalized spacial score (nSPS) is 26.1. The number of carbonyl (C=O) groups excluding carboxylic acids is 8. The number of halogens is 2. The van der Waals surface area contributed by atoms with Gasteiger partial charge in [0.25, 0.3) is 23.6 Å². The van der Waals surface area contributed by atoms with Crippen LogP contribution in [0.1, 0.15) is 157 Å². The van der Waals surface area contributed by atoms with Crippen LogP contribution in [0.3, 0.4) is 0 Å². The van der Waals surface area contributed by atoms with Gasteiger partial charge < -0.3 is 38.5 Å². The van der Waals surface area contributed by atoms with Crippen LogP contribution in [-0.2, 0) is 81.0 Å². The van der Waals surface area contributed by atoms with E-state index < -0.39 is 120 Å². The van der Waals surface area contributed by atoms with Crippen LogP contribution in [0.15, 0.2) is 48.5 Å². The lowest BCUT2D eigenvalue weighted by molar-refractivity contribution is -0.176. The molecule has 8 atom stereocenters. The van der Waals surface area contributed by atoms with Gasteiger partial charge in [0.2, 0.25) is 0 Å². The van der Waals surface area contributed by atoms with Gasteiger partial charge in [0.15, 0.2) is 24.4 Å². The predicted molar refractivity (Wildman–Crippen MR) is 289 cm³/mol. The fraction of sp³-hybridized carbons (Fsp3) is 0.667. The minimum absolute atomic E-state index is 0.00256.